The van der Waals surface area contributed by atoms with Gasteiger partial charge in [-0.25, -0.2) is 5.43 Å². The number of para-hydroxylation sites is 1. The van der Waals surface area contributed by atoms with Crippen LogP contribution in [0.5, 0.6) is 11.5 Å². The van der Waals surface area contributed by atoms with Crippen LogP contribution >= 0.6 is 15.9 Å². The molecule has 3 N–H and O–H groups in total. The first-order valence-corrected chi connectivity index (χ1v) is 10.2. The van der Waals surface area contributed by atoms with E-state index in [0.717, 1.165) is 0 Å². The van der Waals surface area contributed by atoms with Gasteiger partial charge in [0.05, 0.1) is 24.1 Å². The number of anilines is 1. The van der Waals surface area contributed by atoms with Crippen molar-refractivity contribution in [1.82, 2.24) is 5.43 Å². The van der Waals surface area contributed by atoms with Gasteiger partial charge in [-0.15, -0.1) is 0 Å². The number of carbonyl (C=O) groups excluding carboxylic acids is 2. The van der Waals surface area contributed by atoms with Crippen molar-refractivity contribution in [2.24, 2.45) is 5.10 Å². The van der Waals surface area contributed by atoms with E-state index in [4.69, 9.17) is 4.74 Å². The van der Waals surface area contributed by atoms with Crippen LogP contribution in [-0.2, 0) is 0 Å². The predicted molar refractivity (Wildman–Crippen MR) is 123 cm³/mol. The van der Waals surface area contributed by atoms with Crippen LogP contribution in [0, 0.1) is 0 Å². The Hall–Kier alpha value is -3.65. The van der Waals surface area contributed by atoms with Crippen molar-refractivity contribution in [3.8, 4) is 11.5 Å². The third-order valence-electron chi connectivity index (χ3n) is 4.20. The number of amides is 2. The zero-order chi connectivity index (χ0) is 22.2. The molecule has 0 aliphatic carbocycles. The van der Waals surface area contributed by atoms with Gasteiger partial charge in [-0.2, -0.15) is 5.10 Å². The number of benzene rings is 3. The number of phenols is 1. The predicted octanol–water partition coefficient (Wildman–Crippen LogP) is 4.57. The molecule has 0 spiro atoms. The number of hydrogen-bond acceptors (Lipinski definition) is 5. The Bertz CT molecular complexity index is 1120. The number of nitrogens with zero attached hydrogens (tertiary/aromatic N) is 1. The first kappa shape index (κ1) is 22.0. The summed E-state index contributed by atoms with van der Waals surface area (Å²) in [4.78, 5) is 25.1. The summed E-state index contributed by atoms with van der Waals surface area (Å²) in [6.07, 6.45) is 1.43. The van der Waals surface area contributed by atoms with Gasteiger partial charge in [-0.1, -0.05) is 30.3 Å². The Morgan fingerprint density at radius 3 is 2.52 bits per heavy atom. The quantitative estimate of drug-likeness (QED) is 0.339. The van der Waals surface area contributed by atoms with E-state index in [-0.39, 0.29) is 17.2 Å². The summed E-state index contributed by atoms with van der Waals surface area (Å²) in [5, 5.41) is 16.6. The van der Waals surface area contributed by atoms with Crippen molar-refractivity contribution >= 4 is 39.6 Å². The zero-order valence-corrected chi connectivity index (χ0v) is 18.2. The normalized spacial score (nSPS) is 10.6. The van der Waals surface area contributed by atoms with Crippen LogP contribution in [0.3, 0.4) is 0 Å². The molecule has 0 unspecified atom stereocenters. The molecule has 0 aliphatic rings. The first-order chi connectivity index (χ1) is 15.0. The molecule has 0 atom stereocenters. The third kappa shape index (κ3) is 5.70. The second kappa shape index (κ2) is 10.4. The summed E-state index contributed by atoms with van der Waals surface area (Å²) in [5.41, 5.74) is 4.17. The molecule has 0 fully saturated rings. The highest BCUT2D eigenvalue weighted by atomic mass is 79.9. The molecule has 0 saturated carbocycles. The van der Waals surface area contributed by atoms with Crippen molar-refractivity contribution < 1.29 is 19.4 Å². The highest BCUT2D eigenvalue weighted by Crippen LogP contribution is 2.31. The Morgan fingerprint density at radius 2 is 1.77 bits per heavy atom. The first-order valence-electron chi connectivity index (χ1n) is 9.43. The summed E-state index contributed by atoms with van der Waals surface area (Å²) in [6, 6.07) is 18.5. The minimum Gasteiger partial charge on any atom is -0.504 e. The molecule has 0 aliphatic heterocycles. The van der Waals surface area contributed by atoms with Gasteiger partial charge >= 0.3 is 0 Å². The lowest BCUT2D eigenvalue weighted by Crippen LogP contribution is -2.21. The van der Waals surface area contributed by atoms with Gasteiger partial charge < -0.3 is 15.2 Å². The van der Waals surface area contributed by atoms with Gasteiger partial charge in [0.25, 0.3) is 11.8 Å². The molecular formula is C23H20BrN3O4. The van der Waals surface area contributed by atoms with Crippen molar-refractivity contribution in [3.63, 3.8) is 0 Å². The fraction of sp³-hybridized carbons (Fsp3) is 0.0870. The smallest absolute Gasteiger partial charge is 0.273 e. The molecule has 7 nitrogen and oxygen atoms in total. The highest BCUT2D eigenvalue weighted by molar-refractivity contribution is 9.10. The summed E-state index contributed by atoms with van der Waals surface area (Å²) in [5.74, 6) is -0.494. The number of rotatable bonds is 7. The number of hydrazone groups is 1. The van der Waals surface area contributed by atoms with Crippen LogP contribution in [-0.4, -0.2) is 29.7 Å². The molecule has 158 valence electrons. The van der Waals surface area contributed by atoms with Crippen LogP contribution in [0.4, 0.5) is 5.69 Å². The van der Waals surface area contributed by atoms with Gasteiger partial charge in [0.2, 0.25) is 0 Å². The lowest BCUT2D eigenvalue weighted by molar-refractivity contribution is 0.0956. The molecule has 0 aromatic heterocycles. The molecule has 3 aromatic rings. The van der Waals surface area contributed by atoms with E-state index in [0.29, 0.717) is 33.6 Å². The van der Waals surface area contributed by atoms with Gasteiger partial charge in [-0.3, -0.25) is 9.59 Å². The van der Waals surface area contributed by atoms with Gasteiger partial charge in [0.1, 0.15) is 0 Å². The third-order valence-corrected chi connectivity index (χ3v) is 4.89. The molecule has 31 heavy (non-hydrogen) atoms. The maximum Gasteiger partial charge on any atom is 0.273 e. The zero-order valence-electron chi connectivity index (χ0n) is 16.6. The fourth-order valence-corrected chi connectivity index (χ4v) is 3.16. The Morgan fingerprint density at radius 1 is 1.06 bits per heavy atom. The van der Waals surface area contributed by atoms with Gasteiger partial charge in [0.15, 0.2) is 11.5 Å². The molecule has 0 saturated heterocycles. The minimum absolute atomic E-state index is 0.00186. The van der Waals surface area contributed by atoms with E-state index < -0.39 is 5.91 Å². The molecule has 8 heteroatoms. The number of hydrogen-bond donors (Lipinski definition) is 3. The Labute approximate surface area is 187 Å². The number of ether oxygens (including phenoxy) is 1. The van der Waals surface area contributed by atoms with Crippen LogP contribution in [0.25, 0.3) is 0 Å². The molecule has 3 aromatic carbocycles. The van der Waals surface area contributed by atoms with Crippen molar-refractivity contribution in [2.75, 3.05) is 11.9 Å². The highest BCUT2D eigenvalue weighted by Gasteiger charge is 2.14. The van der Waals surface area contributed by atoms with Crippen LogP contribution < -0.4 is 15.5 Å². The lowest BCUT2D eigenvalue weighted by Gasteiger charge is -2.10. The SMILES string of the molecule is CCOc1cc(/C=N/NC(=O)c2ccccc2NC(=O)c2ccccc2)c(Br)cc1O. The number of phenolic OH excluding ortho intramolecular Hbond substituents is 1. The lowest BCUT2D eigenvalue weighted by atomic mass is 10.1. The van der Waals surface area contributed by atoms with Crippen LogP contribution in [0.15, 0.2) is 76.3 Å². The van der Waals surface area contributed by atoms with Crippen LogP contribution in [0.1, 0.15) is 33.2 Å². The monoisotopic (exact) mass is 481 g/mol. The van der Waals surface area contributed by atoms with Gasteiger partial charge in [0, 0.05) is 15.6 Å². The molecule has 3 rings (SSSR count). The fourth-order valence-electron chi connectivity index (χ4n) is 2.72. The molecule has 0 radical (unpaired) electrons. The number of carbonyl (C=O) groups is 2. The van der Waals surface area contributed by atoms with E-state index in [1.54, 1.807) is 54.6 Å². The van der Waals surface area contributed by atoms with Gasteiger partial charge in [-0.05, 0) is 59.3 Å². The Balaban J connectivity index is 1.73. The molecular weight excluding hydrogens is 462 g/mol. The number of nitrogens with one attached hydrogen (secondary N) is 2. The van der Waals surface area contributed by atoms with Crippen molar-refractivity contribution in [2.45, 2.75) is 6.92 Å². The van der Waals surface area contributed by atoms with E-state index in [9.17, 15) is 14.7 Å². The topological polar surface area (TPSA) is 100 Å². The summed E-state index contributed by atoms with van der Waals surface area (Å²) in [7, 11) is 0. The second-order valence-electron chi connectivity index (χ2n) is 6.34. The van der Waals surface area contributed by atoms with Crippen molar-refractivity contribution in [3.05, 3.63) is 87.9 Å². The second-order valence-corrected chi connectivity index (χ2v) is 7.19. The van der Waals surface area contributed by atoms with E-state index >= 15 is 0 Å². The molecule has 2 amide bonds. The summed E-state index contributed by atoms with van der Waals surface area (Å²) < 4.78 is 5.94. The maximum absolute atomic E-state index is 12.6. The number of halogens is 1. The Kier molecular flexibility index (Phi) is 7.40. The maximum atomic E-state index is 12.6. The largest absolute Gasteiger partial charge is 0.504 e. The molecule has 0 heterocycles. The van der Waals surface area contributed by atoms with Crippen molar-refractivity contribution in [1.29, 1.82) is 0 Å². The standard InChI is InChI=1S/C23H20BrN3O4/c1-2-31-21-12-16(18(24)13-20(21)28)14-25-27-23(30)17-10-6-7-11-19(17)26-22(29)15-8-4-3-5-9-15/h3-14,28H,2H2,1H3,(H,26,29)(H,27,30)/b25-14+. The number of aromatic hydroxyl groups is 1. The average molecular weight is 482 g/mol. The van der Waals surface area contributed by atoms with E-state index in [2.05, 4.69) is 31.8 Å². The van der Waals surface area contributed by atoms with E-state index in [1.807, 2.05) is 13.0 Å². The van der Waals surface area contributed by atoms with E-state index in [1.165, 1.54) is 12.3 Å². The average Bonchev–Trinajstić information content (AvgIpc) is 2.77. The summed E-state index contributed by atoms with van der Waals surface area (Å²) >= 11 is 3.34. The molecule has 0 bridgehead atoms. The summed E-state index contributed by atoms with van der Waals surface area (Å²) in [6.45, 7) is 2.21. The minimum atomic E-state index is -0.486. The van der Waals surface area contributed by atoms with Crippen LogP contribution in [0.2, 0.25) is 0 Å².